The number of carbonyl (C=O) groups is 1. The smallest absolute Gasteiger partial charge is 0.433 e. The number of hydrogen-bond acceptors (Lipinski definition) is 3. The Morgan fingerprint density at radius 3 is 2.08 bits per heavy atom. The van der Waals surface area contributed by atoms with Crippen molar-refractivity contribution in [3.63, 3.8) is 0 Å². The molecule has 4 aromatic rings. The summed E-state index contributed by atoms with van der Waals surface area (Å²) in [6, 6.07) is 14.8. The zero-order valence-electron chi connectivity index (χ0n) is 19.5. The molecular weight excluding hydrogens is 536 g/mol. The van der Waals surface area contributed by atoms with Crippen molar-refractivity contribution in [2.75, 3.05) is 4.90 Å². The van der Waals surface area contributed by atoms with E-state index in [-0.39, 0.29) is 29.1 Å². The number of amides is 1. The van der Waals surface area contributed by atoms with E-state index in [9.17, 15) is 36.2 Å². The minimum Gasteiger partial charge on any atom is -0.507 e. The molecule has 4 rings (SSSR count). The minimum absolute atomic E-state index is 0.00623. The van der Waals surface area contributed by atoms with Gasteiger partial charge in [-0.15, -0.1) is 0 Å². The molecule has 198 valence electrons. The molecule has 0 aliphatic carbocycles. The van der Waals surface area contributed by atoms with E-state index in [4.69, 9.17) is 11.6 Å². The van der Waals surface area contributed by atoms with E-state index in [0.29, 0.717) is 15.3 Å². The molecule has 0 spiro atoms. The SMILES string of the molecule is Cn1nc(-c2ccc(N(Cc3ccc(Cl)cc3)C(=O)c3ccc(C(F)(F)F)cc3)cc2O)cc1C(F)(F)F. The normalized spacial score (nSPS) is 12.0. The van der Waals surface area contributed by atoms with Gasteiger partial charge in [0.25, 0.3) is 5.91 Å². The summed E-state index contributed by atoms with van der Waals surface area (Å²) >= 11 is 5.93. The highest BCUT2D eigenvalue weighted by molar-refractivity contribution is 6.30. The number of phenols is 1. The Morgan fingerprint density at radius 2 is 1.55 bits per heavy atom. The van der Waals surface area contributed by atoms with E-state index >= 15 is 0 Å². The van der Waals surface area contributed by atoms with Crippen LogP contribution < -0.4 is 4.90 Å². The van der Waals surface area contributed by atoms with Crippen molar-refractivity contribution in [3.05, 3.63) is 100 Å². The zero-order chi connectivity index (χ0) is 27.8. The average Bonchev–Trinajstić information content (AvgIpc) is 3.24. The Kier molecular flexibility index (Phi) is 7.16. The Labute approximate surface area is 217 Å². The van der Waals surface area contributed by atoms with Crippen molar-refractivity contribution in [3.8, 4) is 17.0 Å². The third-order valence-corrected chi connectivity index (χ3v) is 5.95. The number of phenolic OH excluding ortho intramolecular Hbond substituents is 1. The summed E-state index contributed by atoms with van der Waals surface area (Å²) < 4.78 is 79.1. The van der Waals surface area contributed by atoms with Crippen LogP contribution in [0.25, 0.3) is 11.3 Å². The number of anilines is 1. The molecule has 0 atom stereocenters. The Balaban J connectivity index is 1.72. The van der Waals surface area contributed by atoms with Gasteiger partial charge in [0.05, 0.1) is 17.8 Å². The van der Waals surface area contributed by atoms with Crippen molar-refractivity contribution in [1.82, 2.24) is 9.78 Å². The van der Waals surface area contributed by atoms with Gasteiger partial charge >= 0.3 is 12.4 Å². The Bertz CT molecular complexity index is 1460. The number of aryl methyl sites for hydroxylation is 1. The molecule has 38 heavy (non-hydrogen) atoms. The summed E-state index contributed by atoms with van der Waals surface area (Å²) in [5, 5.41) is 14.9. The predicted octanol–water partition coefficient (Wildman–Crippen LogP) is 7.33. The van der Waals surface area contributed by atoms with Crippen LogP contribution in [-0.4, -0.2) is 20.8 Å². The molecule has 5 nitrogen and oxygen atoms in total. The maximum Gasteiger partial charge on any atom is 0.433 e. The highest BCUT2D eigenvalue weighted by atomic mass is 35.5. The van der Waals surface area contributed by atoms with Crippen molar-refractivity contribution in [2.45, 2.75) is 18.9 Å². The van der Waals surface area contributed by atoms with Gasteiger partial charge in [-0.2, -0.15) is 31.4 Å². The van der Waals surface area contributed by atoms with Crippen LogP contribution in [0.3, 0.4) is 0 Å². The lowest BCUT2D eigenvalue weighted by atomic mass is 10.1. The summed E-state index contributed by atoms with van der Waals surface area (Å²) in [6.07, 6.45) is -9.23. The fourth-order valence-electron chi connectivity index (χ4n) is 3.78. The van der Waals surface area contributed by atoms with E-state index in [1.165, 1.54) is 23.1 Å². The second kappa shape index (κ2) is 10.1. The number of halogens is 7. The first-order valence-corrected chi connectivity index (χ1v) is 11.3. The van der Waals surface area contributed by atoms with Crippen molar-refractivity contribution >= 4 is 23.2 Å². The standard InChI is InChI=1S/C26H18ClF6N3O2/c1-35-23(26(31,32)33)13-21(34-35)20-11-10-19(12-22(20)37)36(14-15-2-8-18(27)9-3-15)24(38)16-4-6-17(7-5-16)25(28,29)30/h2-13,37H,14H2,1H3. The number of aromatic hydroxyl groups is 1. The van der Waals surface area contributed by atoms with Crippen molar-refractivity contribution in [1.29, 1.82) is 0 Å². The first-order chi connectivity index (χ1) is 17.7. The van der Waals surface area contributed by atoms with Crippen LogP contribution in [0.5, 0.6) is 5.75 Å². The van der Waals surface area contributed by atoms with Gasteiger partial charge in [-0.25, -0.2) is 0 Å². The fraction of sp³-hybridized carbons (Fsp3) is 0.154. The first-order valence-electron chi connectivity index (χ1n) is 10.9. The summed E-state index contributed by atoms with van der Waals surface area (Å²) in [5.74, 6) is -1.12. The lowest BCUT2D eigenvalue weighted by Crippen LogP contribution is -2.30. The number of rotatable bonds is 5. The second-order valence-corrected chi connectivity index (χ2v) is 8.77. The van der Waals surface area contributed by atoms with Crippen LogP contribution in [-0.2, 0) is 25.9 Å². The molecule has 0 saturated carbocycles. The van der Waals surface area contributed by atoms with Crippen molar-refractivity contribution < 1.29 is 36.2 Å². The van der Waals surface area contributed by atoms with Gasteiger partial charge in [0.15, 0.2) is 0 Å². The van der Waals surface area contributed by atoms with Crippen molar-refractivity contribution in [2.24, 2.45) is 7.05 Å². The molecule has 0 unspecified atom stereocenters. The summed E-state index contributed by atoms with van der Waals surface area (Å²) in [6.45, 7) is -0.0440. The molecule has 0 radical (unpaired) electrons. The van der Waals surface area contributed by atoms with Crippen LogP contribution in [0.4, 0.5) is 32.0 Å². The summed E-state index contributed by atoms with van der Waals surface area (Å²) in [5.41, 5.74) is -1.35. The molecule has 12 heteroatoms. The summed E-state index contributed by atoms with van der Waals surface area (Å²) in [7, 11) is 1.12. The predicted molar refractivity (Wildman–Crippen MR) is 129 cm³/mol. The lowest BCUT2D eigenvalue weighted by Gasteiger charge is -2.24. The fourth-order valence-corrected chi connectivity index (χ4v) is 3.91. The molecule has 0 saturated heterocycles. The van der Waals surface area contributed by atoms with E-state index in [1.807, 2.05) is 0 Å². The van der Waals surface area contributed by atoms with Gasteiger partial charge in [0.2, 0.25) is 0 Å². The molecule has 1 aromatic heterocycles. The third kappa shape index (κ3) is 5.77. The monoisotopic (exact) mass is 553 g/mol. The Hall–Kier alpha value is -3.99. The van der Waals surface area contributed by atoms with Crippen LogP contribution in [0, 0.1) is 0 Å². The lowest BCUT2D eigenvalue weighted by molar-refractivity contribution is -0.143. The van der Waals surface area contributed by atoms with E-state index in [2.05, 4.69) is 5.10 Å². The molecule has 0 bridgehead atoms. The van der Waals surface area contributed by atoms with Crippen LogP contribution in [0.1, 0.15) is 27.2 Å². The second-order valence-electron chi connectivity index (χ2n) is 8.33. The van der Waals surface area contributed by atoms with Gasteiger partial charge in [0.1, 0.15) is 11.4 Å². The first kappa shape index (κ1) is 27.1. The van der Waals surface area contributed by atoms with Gasteiger partial charge in [-0.05, 0) is 60.2 Å². The minimum atomic E-state index is -4.65. The van der Waals surface area contributed by atoms with Crippen LogP contribution >= 0.6 is 11.6 Å². The number of hydrogen-bond donors (Lipinski definition) is 1. The number of aromatic nitrogens is 2. The summed E-state index contributed by atoms with van der Waals surface area (Å²) in [4.78, 5) is 14.6. The molecule has 1 heterocycles. The number of benzene rings is 3. The maximum atomic E-state index is 13.4. The van der Waals surface area contributed by atoms with E-state index in [0.717, 1.165) is 37.4 Å². The van der Waals surface area contributed by atoms with E-state index < -0.39 is 35.3 Å². The molecule has 1 amide bonds. The largest absolute Gasteiger partial charge is 0.507 e. The highest BCUT2D eigenvalue weighted by Crippen LogP contribution is 2.37. The van der Waals surface area contributed by atoms with Gasteiger partial charge < -0.3 is 10.0 Å². The third-order valence-electron chi connectivity index (χ3n) is 5.70. The van der Waals surface area contributed by atoms with Gasteiger partial charge in [-0.3, -0.25) is 9.48 Å². The molecular formula is C26H18ClF6N3O2. The number of carbonyl (C=O) groups excluding carboxylic acids is 1. The molecule has 0 aliphatic rings. The topological polar surface area (TPSA) is 58.4 Å². The number of nitrogens with zero attached hydrogens (tertiary/aromatic N) is 3. The molecule has 3 aromatic carbocycles. The molecule has 0 fully saturated rings. The van der Waals surface area contributed by atoms with Crippen LogP contribution in [0.2, 0.25) is 5.02 Å². The number of alkyl halides is 6. The van der Waals surface area contributed by atoms with Gasteiger partial charge in [-0.1, -0.05) is 23.7 Å². The maximum absolute atomic E-state index is 13.4. The Morgan fingerprint density at radius 1 is 0.921 bits per heavy atom. The van der Waals surface area contributed by atoms with Crippen LogP contribution in [0.15, 0.2) is 72.8 Å². The van der Waals surface area contributed by atoms with E-state index in [1.54, 1.807) is 24.3 Å². The molecule has 1 N–H and O–H groups in total. The van der Waals surface area contributed by atoms with Gasteiger partial charge in [0, 0.05) is 35.0 Å². The quantitative estimate of drug-likeness (QED) is 0.263. The zero-order valence-corrected chi connectivity index (χ0v) is 20.2. The average molecular weight is 554 g/mol. The molecule has 0 aliphatic heterocycles. The highest BCUT2D eigenvalue weighted by Gasteiger charge is 2.35.